The Kier molecular flexibility index (Phi) is 5.02. The number of nitrogens with zero attached hydrogens (tertiary/aromatic N) is 1. The van der Waals surface area contributed by atoms with Crippen molar-refractivity contribution in [2.75, 3.05) is 19.4 Å². The van der Waals surface area contributed by atoms with Gasteiger partial charge in [0.15, 0.2) is 0 Å². The molecular weight excluding hydrogens is 280 g/mol. The fraction of sp³-hybridized carbons (Fsp3) is 0.353. The maximum absolute atomic E-state index is 12.0. The minimum atomic E-state index is 0.0238. The second-order valence-corrected chi connectivity index (χ2v) is 6.50. The number of hydrogen-bond acceptors (Lipinski definition) is 3. The first kappa shape index (κ1) is 15.6. The van der Waals surface area contributed by atoms with Gasteiger partial charge in [-0.25, -0.2) is 0 Å². The summed E-state index contributed by atoms with van der Waals surface area (Å²) in [6.07, 6.45) is 1.07. The van der Waals surface area contributed by atoms with Crippen molar-refractivity contribution in [3.8, 4) is 0 Å². The van der Waals surface area contributed by atoms with Crippen molar-refractivity contribution in [3.63, 3.8) is 0 Å². The van der Waals surface area contributed by atoms with E-state index in [9.17, 15) is 4.79 Å². The molecule has 0 aliphatic heterocycles. The summed E-state index contributed by atoms with van der Waals surface area (Å²) in [6, 6.07) is 12.3. The van der Waals surface area contributed by atoms with E-state index in [-0.39, 0.29) is 11.9 Å². The molecule has 1 atom stereocenters. The van der Waals surface area contributed by atoms with Crippen molar-refractivity contribution in [2.24, 2.45) is 0 Å². The number of benzene rings is 1. The van der Waals surface area contributed by atoms with Gasteiger partial charge < -0.3 is 10.2 Å². The fourth-order valence-corrected chi connectivity index (χ4v) is 3.09. The molecule has 0 radical (unpaired) electrons. The van der Waals surface area contributed by atoms with E-state index < -0.39 is 0 Å². The molecule has 4 heteroatoms. The van der Waals surface area contributed by atoms with Crippen molar-refractivity contribution in [3.05, 3.63) is 51.7 Å². The molecule has 0 spiro atoms. The molecule has 112 valence electrons. The first-order chi connectivity index (χ1) is 10.0. The van der Waals surface area contributed by atoms with Crippen LogP contribution in [-0.4, -0.2) is 24.9 Å². The van der Waals surface area contributed by atoms with Crippen LogP contribution in [0.15, 0.2) is 36.4 Å². The molecule has 1 N–H and O–H groups in total. The second-order valence-electron chi connectivity index (χ2n) is 5.30. The highest BCUT2D eigenvalue weighted by molar-refractivity contribution is 7.12. The maximum atomic E-state index is 12.0. The number of nitrogens with one attached hydrogen (secondary N) is 1. The lowest BCUT2D eigenvalue weighted by Crippen LogP contribution is -2.21. The lowest BCUT2D eigenvalue weighted by atomic mass is 10.1. The molecule has 3 nitrogen and oxygen atoms in total. The topological polar surface area (TPSA) is 32.3 Å². The van der Waals surface area contributed by atoms with Crippen LogP contribution in [0.5, 0.6) is 0 Å². The Labute approximate surface area is 130 Å². The third-order valence-corrected chi connectivity index (χ3v) is 4.77. The molecular formula is C17H22N2OS. The molecule has 0 aliphatic rings. The zero-order chi connectivity index (χ0) is 15.4. The van der Waals surface area contributed by atoms with E-state index in [1.807, 2.05) is 35.6 Å². The Morgan fingerprint density at radius 3 is 2.67 bits per heavy atom. The van der Waals surface area contributed by atoms with Crippen LogP contribution in [0, 0.1) is 0 Å². The van der Waals surface area contributed by atoms with Crippen LogP contribution in [0.25, 0.3) is 0 Å². The summed E-state index contributed by atoms with van der Waals surface area (Å²) >= 11 is 1.84. The van der Waals surface area contributed by atoms with E-state index in [0.29, 0.717) is 5.56 Å². The van der Waals surface area contributed by atoms with Crippen molar-refractivity contribution in [1.82, 2.24) is 4.90 Å². The third kappa shape index (κ3) is 3.85. The van der Waals surface area contributed by atoms with E-state index in [1.54, 1.807) is 19.0 Å². The highest BCUT2D eigenvalue weighted by Crippen LogP contribution is 2.26. The van der Waals surface area contributed by atoms with Gasteiger partial charge in [-0.2, -0.15) is 0 Å². The standard InChI is InChI=1S/C17H22N2OS/c1-5-15-9-10-16(21-15)12(2)18-14-8-6-7-13(11-14)17(20)19(3)4/h6-12,18H,5H2,1-4H3. The molecule has 1 aromatic heterocycles. The Hall–Kier alpha value is -1.81. The summed E-state index contributed by atoms with van der Waals surface area (Å²) in [7, 11) is 3.53. The largest absolute Gasteiger partial charge is 0.378 e. The predicted octanol–water partition coefficient (Wildman–Crippen LogP) is 4.19. The van der Waals surface area contributed by atoms with Gasteiger partial charge in [0.1, 0.15) is 0 Å². The van der Waals surface area contributed by atoms with Crippen LogP contribution < -0.4 is 5.32 Å². The number of anilines is 1. The normalized spacial score (nSPS) is 12.0. The van der Waals surface area contributed by atoms with Gasteiger partial charge in [0.25, 0.3) is 5.91 Å². The summed E-state index contributed by atoms with van der Waals surface area (Å²) in [5.41, 5.74) is 1.68. The highest BCUT2D eigenvalue weighted by atomic mass is 32.1. The Morgan fingerprint density at radius 2 is 2.05 bits per heavy atom. The molecule has 2 aromatic rings. The summed E-state index contributed by atoms with van der Waals surface area (Å²) in [5.74, 6) is 0.0238. The molecule has 0 saturated heterocycles. The van der Waals surface area contributed by atoms with Gasteiger partial charge in [0.2, 0.25) is 0 Å². The molecule has 2 rings (SSSR count). The van der Waals surface area contributed by atoms with Crippen molar-refractivity contribution in [2.45, 2.75) is 26.3 Å². The minimum absolute atomic E-state index is 0.0238. The van der Waals surface area contributed by atoms with Crippen molar-refractivity contribution in [1.29, 1.82) is 0 Å². The number of aryl methyl sites for hydroxylation is 1. The van der Waals surface area contributed by atoms with Crippen LogP contribution >= 0.6 is 11.3 Å². The Bertz CT molecular complexity index is 619. The number of hydrogen-bond donors (Lipinski definition) is 1. The van der Waals surface area contributed by atoms with Crippen molar-refractivity contribution >= 4 is 22.9 Å². The first-order valence-electron chi connectivity index (χ1n) is 7.18. The number of carbonyl (C=O) groups excluding carboxylic acids is 1. The van der Waals surface area contributed by atoms with Gasteiger partial charge in [-0.05, 0) is 43.7 Å². The lowest BCUT2D eigenvalue weighted by Gasteiger charge is -2.15. The maximum Gasteiger partial charge on any atom is 0.253 e. The average Bonchev–Trinajstić information content (AvgIpc) is 2.95. The highest BCUT2D eigenvalue weighted by Gasteiger charge is 2.11. The Morgan fingerprint density at radius 1 is 1.29 bits per heavy atom. The number of thiophene rings is 1. The summed E-state index contributed by atoms with van der Waals surface area (Å²) < 4.78 is 0. The molecule has 1 heterocycles. The zero-order valence-corrected chi connectivity index (χ0v) is 13.8. The van der Waals surface area contributed by atoms with Gasteiger partial charge in [-0.3, -0.25) is 4.79 Å². The van der Waals surface area contributed by atoms with Gasteiger partial charge in [-0.1, -0.05) is 13.0 Å². The zero-order valence-electron chi connectivity index (χ0n) is 13.0. The molecule has 21 heavy (non-hydrogen) atoms. The summed E-state index contributed by atoms with van der Waals surface area (Å²) in [4.78, 5) is 16.3. The van der Waals surface area contributed by atoms with E-state index in [2.05, 4.69) is 31.3 Å². The first-order valence-corrected chi connectivity index (χ1v) is 7.99. The van der Waals surface area contributed by atoms with Crippen LogP contribution in [0.1, 0.15) is 40.0 Å². The van der Waals surface area contributed by atoms with Crippen LogP contribution in [0.3, 0.4) is 0 Å². The van der Waals surface area contributed by atoms with E-state index in [1.165, 1.54) is 9.75 Å². The molecule has 0 saturated carbocycles. The Balaban J connectivity index is 2.12. The number of rotatable bonds is 5. The average molecular weight is 302 g/mol. The molecule has 0 aliphatic carbocycles. The van der Waals surface area contributed by atoms with Crippen molar-refractivity contribution < 1.29 is 4.79 Å². The van der Waals surface area contributed by atoms with Crippen LogP contribution in [0.4, 0.5) is 5.69 Å². The SMILES string of the molecule is CCc1ccc(C(C)Nc2cccc(C(=O)N(C)C)c2)s1. The molecule has 0 fully saturated rings. The predicted molar refractivity (Wildman–Crippen MR) is 90.2 cm³/mol. The third-order valence-electron chi connectivity index (χ3n) is 3.36. The van der Waals surface area contributed by atoms with E-state index in [4.69, 9.17) is 0 Å². The monoisotopic (exact) mass is 302 g/mol. The summed E-state index contributed by atoms with van der Waals surface area (Å²) in [5, 5.41) is 3.47. The molecule has 1 amide bonds. The second kappa shape index (κ2) is 6.76. The van der Waals surface area contributed by atoms with Gasteiger partial charge >= 0.3 is 0 Å². The van der Waals surface area contributed by atoms with Gasteiger partial charge in [0.05, 0.1) is 6.04 Å². The van der Waals surface area contributed by atoms with Gasteiger partial charge in [0, 0.05) is 35.1 Å². The van der Waals surface area contributed by atoms with Crippen LogP contribution in [0.2, 0.25) is 0 Å². The smallest absolute Gasteiger partial charge is 0.253 e. The number of amides is 1. The van der Waals surface area contributed by atoms with Gasteiger partial charge in [-0.15, -0.1) is 11.3 Å². The van der Waals surface area contributed by atoms with E-state index in [0.717, 1.165) is 12.1 Å². The van der Waals surface area contributed by atoms with E-state index >= 15 is 0 Å². The fourth-order valence-electron chi connectivity index (χ4n) is 2.14. The van der Waals surface area contributed by atoms with Crippen LogP contribution in [-0.2, 0) is 6.42 Å². The number of carbonyl (C=O) groups is 1. The molecule has 0 bridgehead atoms. The summed E-state index contributed by atoms with van der Waals surface area (Å²) in [6.45, 7) is 4.32. The minimum Gasteiger partial charge on any atom is -0.378 e. The molecule has 1 aromatic carbocycles. The molecule has 1 unspecified atom stereocenters. The lowest BCUT2D eigenvalue weighted by molar-refractivity contribution is 0.0827. The quantitative estimate of drug-likeness (QED) is 0.898.